The Morgan fingerprint density at radius 2 is 1.83 bits per heavy atom. The third-order valence-electron chi connectivity index (χ3n) is 4.07. The number of rotatable bonds is 4. The van der Waals surface area contributed by atoms with E-state index in [-0.39, 0.29) is 11.9 Å². The molecule has 98 valence electrons. The van der Waals surface area contributed by atoms with E-state index in [0.717, 1.165) is 25.2 Å². The molecular weight excluding hydrogens is 224 g/mol. The van der Waals surface area contributed by atoms with E-state index in [0.29, 0.717) is 0 Å². The Morgan fingerprint density at radius 3 is 2.44 bits per heavy atom. The van der Waals surface area contributed by atoms with Gasteiger partial charge in [0.15, 0.2) is 0 Å². The summed E-state index contributed by atoms with van der Waals surface area (Å²) in [5.41, 5.74) is 1.42. The van der Waals surface area contributed by atoms with Gasteiger partial charge in [0.05, 0.1) is 13.0 Å². The minimum atomic E-state index is -0.0171. The number of aryl methyl sites for hydroxylation is 1. The Bertz CT molecular complexity index is 364. The van der Waals surface area contributed by atoms with Crippen molar-refractivity contribution in [2.75, 3.05) is 7.11 Å². The van der Waals surface area contributed by atoms with Crippen LogP contribution in [-0.4, -0.2) is 13.1 Å². The summed E-state index contributed by atoms with van der Waals surface area (Å²) in [5, 5.41) is 0. The van der Waals surface area contributed by atoms with Crippen LogP contribution in [0.4, 0.5) is 0 Å². The molecule has 0 bridgehead atoms. The van der Waals surface area contributed by atoms with Crippen molar-refractivity contribution in [3.8, 4) is 0 Å². The lowest BCUT2D eigenvalue weighted by Crippen LogP contribution is -2.23. The van der Waals surface area contributed by atoms with Crippen molar-refractivity contribution in [1.82, 2.24) is 0 Å². The number of ether oxygens (including phenoxy) is 1. The van der Waals surface area contributed by atoms with Crippen molar-refractivity contribution in [3.63, 3.8) is 0 Å². The molecular formula is C16H22O2. The quantitative estimate of drug-likeness (QED) is 0.759. The highest BCUT2D eigenvalue weighted by Crippen LogP contribution is 2.32. The first-order valence-corrected chi connectivity index (χ1v) is 6.91. The van der Waals surface area contributed by atoms with Gasteiger partial charge in [-0.1, -0.05) is 30.3 Å². The predicted molar refractivity (Wildman–Crippen MR) is 72.2 cm³/mol. The first-order valence-electron chi connectivity index (χ1n) is 6.91. The van der Waals surface area contributed by atoms with E-state index in [2.05, 4.69) is 30.3 Å². The normalized spacial score (nSPS) is 23.6. The van der Waals surface area contributed by atoms with Crippen LogP contribution in [0, 0.1) is 11.8 Å². The van der Waals surface area contributed by atoms with Crippen molar-refractivity contribution in [2.24, 2.45) is 11.8 Å². The van der Waals surface area contributed by atoms with Crippen LogP contribution >= 0.6 is 0 Å². The maximum absolute atomic E-state index is 11.4. The van der Waals surface area contributed by atoms with Gasteiger partial charge in [-0.15, -0.1) is 0 Å². The Kier molecular flexibility index (Phi) is 4.80. The maximum atomic E-state index is 11.4. The Balaban J connectivity index is 1.72. The van der Waals surface area contributed by atoms with E-state index in [4.69, 9.17) is 4.74 Å². The summed E-state index contributed by atoms with van der Waals surface area (Å²) >= 11 is 0. The molecule has 1 fully saturated rings. The van der Waals surface area contributed by atoms with Gasteiger partial charge in [-0.2, -0.15) is 0 Å². The largest absolute Gasteiger partial charge is 0.469 e. The summed E-state index contributed by atoms with van der Waals surface area (Å²) in [6.07, 6.45) is 6.77. The van der Waals surface area contributed by atoms with Crippen LogP contribution in [0.25, 0.3) is 0 Å². The van der Waals surface area contributed by atoms with E-state index in [9.17, 15) is 4.79 Å². The average molecular weight is 246 g/mol. The molecule has 0 amide bonds. The summed E-state index contributed by atoms with van der Waals surface area (Å²) in [6.45, 7) is 0. The zero-order valence-corrected chi connectivity index (χ0v) is 11.1. The molecule has 1 aliphatic rings. The number of carbonyl (C=O) groups is 1. The van der Waals surface area contributed by atoms with Crippen LogP contribution in [0.15, 0.2) is 30.3 Å². The highest BCUT2D eigenvalue weighted by Gasteiger charge is 2.26. The number of hydrogen-bond acceptors (Lipinski definition) is 2. The van der Waals surface area contributed by atoms with Crippen LogP contribution in [0.3, 0.4) is 0 Å². The number of benzene rings is 1. The Labute approximate surface area is 109 Å². The summed E-state index contributed by atoms with van der Waals surface area (Å²) in [7, 11) is 1.49. The van der Waals surface area contributed by atoms with Crippen molar-refractivity contribution < 1.29 is 9.53 Å². The molecule has 0 heterocycles. The summed E-state index contributed by atoms with van der Waals surface area (Å²) in [6, 6.07) is 10.7. The van der Waals surface area contributed by atoms with E-state index in [1.165, 1.54) is 31.9 Å². The lowest BCUT2D eigenvalue weighted by molar-refractivity contribution is -0.146. The molecule has 2 rings (SSSR count). The molecule has 0 N–H and O–H groups in total. The van der Waals surface area contributed by atoms with Crippen LogP contribution < -0.4 is 0 Å². The van der Waals surface area contributed by atoms with Crippen molar-refractivity contribution in [2.45, 2.75) is 38.5 Å². The van der Waals surface area contributed by atoms with Gasteiger partial charge in [-0.3, -0.25) is 4.79 Å². The SMILES string of the molecule is COC(=O)[C@H]1CC[C@H](CCc2ccccc2)CC1. The standard InChI is InChI=1S/C16H22O2/c1-18-16(17)15-11-9-14(10-12-15)8-7-13-5-3-2-4-6-13/h2-6,14-15H,7-12H2,1H3/t14-,15-. The fourth-order valence-electron chi connectivity index (χ4n) is 2.87. The van der Waals surface area contributed by atoms with Crippen LogP contribution in [0.2, 0.25) is 0 Å². The first kappa shape index (κ1) is 13.1. The highest BCUT2D eigenvalue weighted by molar-refractivity contribution is 5.72. The minimum absolute atomic E-state index is 0.0171. The topological polar surface area (TPSA) is 26.3 Å². The van der Waals surface area contributed by atoms with E-state index < -0.39 is 0 Å². The predicted octanol–water partition coefficient (Wildman–Crippen LogP) is 3.60. The molecule has 1 aliphatic carbocycles. The van der Waals surface area contributed by atoms with E-state index in [1.807, 2.05) is 0 Å². The number of esters is 1. The lowest BCUT2D eigenvalue weighted by atomic mass is 9.79. The zero-order valence-electron chi connectivity index (χ0n) is 11.1. The summed E-state index contributed by atoms with van der Waals surface area (Å²) < 4.78 is 4.82. The van der Waals surface area contributed by atoms with Crippen LogP contribution in [0.5, 0.6) is 0 Å². The monoisotopic (exact) mass is 246 g/mol. The maximum Gasteiger partial charge on any atom is 0.308 e. The molecule has 2 heteroatoms. The van der Waals surface area contributed by atoms with Gasteiger partial charge in [0.2, 0.25) is 0 Å². The van der Waals surface area contributed by atoms with Crippen molar-refractivity contribution in [1.29, 1.82) is 0 Å². The molecule has 0 spiro atoms. The molecule has 0 unspecified atom stereocenters. The molecule has 18 heavy (non-hydrogen) atoms. The van der Waals surface area contributed by atoms with Gasteiger partial charge in [-0.25, -0.2) is 0 Å². The van der Waals surface area contributed by atoms with Crippen molar-refractivity contribution in [3.05, 3.63) is 35.9 Å². The Hall–Kier alpha value is -1.31. The molecule has 0 atom stereocenters. The Morgan fingerprint density at radius 1 is 1.17 bits per heavy atom. The van der Waals surface area contributed by atoms with Gasteiger partial charge >= 0.3 is 5.97 Å². The van der Waals surface area contributed by atoms with E-state index in [1.54, 1.807) is 0 Å². The van der Waals surface area contributed by atoms with Crippen molar-refractivity contribution >= 4 is 5.97 Å². The molecule has 0 aliphatic heterocycles. The molecule has 1 saturated carbocycles. The molecule has 1 aromatic rings. The van der Waals surface area contributed by atoms with Gasteiger partial charge < -0.3 is 4.74 Å². The second-order valence-corrected chi connectivity index (χ2v) is 5.27. The third-order valence-corrected chi connectivity index (χ3v) is 4.07. The average Bonchev–Trinajstić information content (AvgIpc) is 2.46. The fraction of sp³-hybridized carbons (Fsp3) is 0.562. The first-order chi connectivity index (χ1) is 8.79. The van der Waals surface area contributed by atoms with Gasteiger partial charge in [-0.05, 0) is 50.0 Å². The highest BCUT2D eigenvalue weighted by atomic mass is 16.5. The molecule has 1 aromatic carbocycles. The molecule has 2 nitrogen and oxygen atoms in total. The van der Waals surface area contributed by atoms with Gasteiger partial charge in [0, 0.05) is 0 Å². The number of hydrogen-bond donors (Lipinski definition) is 0. The third kappa shape index (κ3) is 3.59. The second-order valence-electron chi connectivity index (χ2n) is 5.27. The lowest BCUT2D eigenvalue weighted by Gasteiger charge is -2.26. The van der Waals surface area contributed by atoms with Crippen LogP contribution in [-0.2, 0) is 16.0 Å². The van der Waals surface area contributed by atoms with E-state index >= 15 is 0 Å². The fourth-order valence-corrected chi connectivity index (χ4v) is 2.87. The van der Waals surface area contributed by atoms with Crippen LogP contribution in [0.1, 0.15) is 37.7 Å². The molecule has 0 aromatic heterocycles. The van der Waals surface area contributed by atoms with Gasteiger partial charge in [0.1, 0.15) is 0 Å². The smallest absolute Gasteiger partial charge is 0.308 e. The summed E-state index contributed by atoms with van der Waals surface area (Å²) in [4.78, 5) is 11.4. The number of carbonyl (C=O) groups excluding carboxylic acids is 1. The molecule has 0 radical (unpaired) electrons. The second kappa shape index (κ2) is 6.58. The zero-order chi connectivity index (χ0) is 12.8. The number of methoxy groups -OCH3 is 1. The minimum Gasteiger partial charge on any atom is -0.469 e. The molecule has 0 saturated heterocycles. The van der Waals surface area contributed by atoms with Gasteiger partial charge in [0.25, 0.3) is 0 Å². The summed E-state index contributed by atoms with van der Waals surface area (Å²) in [5.74, 6) is 0.922.